The normalized spacial score (nSPS) is 10.7. The molecule has 0 aliphatic carbocycles. The van der Waals surface area contributed by atoms with Crippen LogP contribution in [0.4, 0.5) is 25.0 Å². The number of carbonyl (C=O) groups is 1. The number of hydrogen-bond acceptors (Lipinski definition) is 4. The van der Waals surface area contributed by atoms with Crippen LogP contribution >= 0.6 is 0 Å². The van der Waals surface area contributed by atoms with Crippen molar-refractivity contribution in [3.8, 4) is 5.75 Å². The van der Waals surface area contributed by atoms with Crippen LogP contribution in [0.15, 0.2) is 71.7 Å². The molecule has 2 aromatic heterocycles. The van der Waals surface area contributed by atoms with Gasteiger partial charge in [0.1, 0.15) is 35.3 Å². The van der Waals surface area contributed by atoms with Crippen LogP contribution in [0, 0.1) is 18.6 Å². The third-order valence-corrected chi connectivity index (χ3v) is 4.58. The molecule has 0 bridgehead atoms. The van der Waals surface area contributed by atoms with Gasteiger partial charge >= 0.3 is 6.03 Å². The highest BCUT2D eigenvalue weighted by atomic mass is 19.1. The number of aromatic nitrogens is 2. The summed E-state index contributed by atoms with van der Waals surface area (Å²) in [6.45, 7) is 2.00. The van der Waals surface area contributed by atoms with Crippen LogP contribution in [-0.4, -0.2) is 15.4 Å². The summed E-state index contributed by atoms with van der Waals surface area (Å²) >= 11 is 0. The monoisotopic (exact) mass is 436 g/mol. The minimum atomic E-state index is -0.874. The number of nitrogens with one attached hydrogen (secondary N) is 2. The number of carbonyl (C=O) groups excluding carboxylic acids is 1. The summed E-state index contributed by atoms with van der Waals surface area (Å²) in [5.74, 6) is -1.26. The average molecular weight is 436 g/mol. The van der Waals surface area contributed by atoms with Gasteiger partial charge in [0.05, 0.1) is 5.69 Å². The molecule has 4 aromatic rings. The lowest BCUT2D eigenvalue weighted by Gasteiger charge is -2.10. The maximum atomic E-state index is 13.6. The molecule has 2 N–H and O–H groups in total. The lowest BCUT2D eigenvalue weighted by Crippen LogP contribution is -2.20. The van der Waals surface area contributed by atoms with E-state index in [0.717, 1.165) is 17.7 Å². The van der Waals surface area contributed by atoms with Gasteiger partial charge in [-0.05, 0) is 61.0 Å². The first kappa shape index (κ1) is 21.0. The summed E-state index contributed by atoms with van der Waals surface area (Å²) in [5, 5.41) is 4.62. The third kappa shape index (κ3) is 4.72. The lowest BCUT2D eigenvalue weighted by molar-refractivity contribution is 0.262. The molecule has 0 radical (unpaired) electrons. The molecule has 0 atom stereocenters. The van der Waals surface area contributed by atoms with E-state index in [1.807, 2.05) is 19.1 Å². The van der Waals surface area contributed by atoms with Gasteiger partial charge in [-0.3, -0.25) is 9.20 Å². The van der Waals surface area contributed by atoms with Gasteiger partial charge in [0.25, 0.3) is 5.56 Å². The topological polar surface area (TPSA) is 84.7 Å². The van der Waals surface area contributed by atoms with E-state index in [0.29, 0.717) is 22.8 Å². The highest BCUT2D eigenvalue weighted by molar-refractivity contribution is 5.99. The number of ether oxygens (including phenoxy) is 1. The maximum absolute atomic E-state index is 13.6. The number of aryl methyl sites for hydroxylation is 1. The van der Waals surface area contributed by atoms with Crippen molar-refractivity contribution >= 4 is 23.1 Å². The molecule has 9 heteroatoms. The van der Waals surface area contributed by atoms with Crippen LogP contribution in [0.5, 0.6) is 5.75 Å². The zero-order valence-corrected chi connectivity index (χ0v) is 16.9. The van der Waals surface area contributed by atoms with E-state index in [2.05, 4.69) is 15.6 Å². The minimum absolute atomic E-state index is 0.0828. The van der Waals surface area contributed by atoms with Crippen LogP contribution in [0.2, 0.25) is 0 Å². The summed E-state index contributed by atoms with van der Waals surface area (Å²) in [7, 11) is 0. The van der Waals surface area contributed by atoms with Crippen molar-refractivity contribution in [1.82, 2.24) is 9.38 Å². The number of pyridine rings is 1. The van der Waals surface area contributed by atoms with Gasteiger partial charge in [-0.15, -0.1) is 0 Å². The number of anilines is 2. The van der Waals surface area contributed by atoms with Gasteiger partial charge in [0.2, 0.25) is 0 Å². The number of rotatable bonds is 5. The minimum Gasteiger partial charge on any atom is -0.487 e. The molecule has 0 saturated carbocycles. The molecule has 2 heterocycles. The molecule has 0 saturated heterocycles. The number of amides is 2. The van der Waals surface area contributed by atoms with Crippen LogP contribution in [0.25, 0.3) is 5.65 Å². The molecule has 2 aromatic carbocycles. The molecule has 0 aliphatic heterocycles. The number of benzene rings is 2. The van der Waals surface area contributed by atoms with E-state index in [1.54, 1.807) is 30.5 Å². The Morgan fingerprint density at radius 3 is 2.47 bits per heavy atom. The number of halogens is 2. The number of hydrogen-bond donors (Lipinski definition) is 2. The SMILES string of the molecule is Cc1ccn2c(=O)cc(COc3ccc(NC(=O)Nc4c(F)cccc4F)cc3)nc2c1. The van der Waals surface area contributed by atoms with Crippen molar-refractivity contribution in [3.63, 3.8) is 0 Å². The van der Waals surface area contributed by atoms with Crippen LogP contribution in [0.1, 0.15) is 11.3 Å². The van der Waals surface area contributed by atoms with E-state index in [1.165, 1.54) is 16.5 Å². The van der Waals surface area contributed by atoms with Crippen molar-refractivity contribution in [3.05, 3.63) is 100 Å². The summed E-state index contributed by atoms with van der Waals surface area (Å²) in [4.78, 5) is 28.7. The Labute approximate surface area is 181 Å². The molecule has 4 rings (SSSR count). The average Bonchev–Trinajstić information content (AvgIpc) is 2.75. The summed E-state index contributed by atoms with van der Waals surface area (Å²) in [6.07, 6.45) is 1.67. The van der Waals surface area contributed by atoms with E-state index < -0.39 is 23.4 Å². The quantitative estimate of drug-likeness (QED) is 0.482. The fourth-order valence-electron chi connectivity index (χ4n) is 3.01. The van der Waals surface area contributed by atoms with E-state index in [4.69, 9.17) is 4.74 Å². The molecule has 0 fully saturated rings. The van der Waals surface area contributed by atoms with E-state index >= 15 is 0 Å². The Bertz CT molecular complexity index is 1330. The summed E-state index contributed by atoms with van der Waals surface area (Å²) < 4.78 is 34.4. The second kappa shape index (κ2) is 8.84. The van der Waals surface area contributed by atoms with Gasteiger partial charge in [-0.1, -0.05) is 6.07 Å². The third-order valence-electron chi connectivity index (χ3n) is 4.58. The molecule has 2 amide bonds. The molecule has 7 nitrogen and oxygen atoms in total. The Morgan fingerprint density at radius 2 is 1.75 bits per heavy atom. The van der Waals surface area contributed by atoms with Gasteiger partial charge in [-0.2, -0.15) is 0 Å². The van der Waals surface area contributed by atoms with Gasteiger partial charge in [0.15, 0.2) is 0 Å². The molecule has 0 aliphatic rings. The fraction of sp³-hybridized carbons (Fsp3) is 0.0870. The van der Waals surface area contributed by atoms with Crippen molar-refractivity contribution in [1.29, 1.82) is 0 Å². The predicted octanol–water partition coefficient (Wildman–Crippen LogP) is 4.50. The number of urea groups is 1. The Balaban J connectivity index is 1.38. The highest BCUT2D eigenvalue weighted by Crippen LogP contribution is 2.20. The molecular weight excluding hydrogens is 418 g/mol. The summed E-state index contributed by atoms with van der Waals surface area (Å²) in [6, 6.07) is 13.9. The van der Waals surface area contributed by atoms with Crippen molar-refractivity contribution in [2.45, 2.75) is 13.5 Å². The van der Waals surface area contributed by atoms with Crippen LogP contribution in [0.3, 0.4) is 0 Å². The largest absolute Gasteiger partial charge is 0.487 e. The fourth-order valence-corrected chi connectivity index (χ4v) is 3.01. The zero-order chi connectivity index (χ0) is 22.7. The Hall–Kier alpha value is -4.27. The van der Waals surface area contributed by atoms with Gasteiger partial charge in [0, 0.05) is 18.0 Å². The zero-order valence-electron chi connectivity index (χ0n) is 16.9. The molecule has 32 heavy (non-hydrogen) atoms. The molecular formula is C23H18F2N4O3. The van der Waals surface area contributed by atoms with Gasteiger partial charge in [-0.25, -0.2) is 18.6 Å². The van der Waals surface area contributed by atoms with E-state index in [-0.39, 0.29) is 12.2 Å². The first-order chi connectivity index (χ1) is 15.4. The van der Waals surface area contributed by atoms with Crippen molar-refractivity contribution in [2.75, 3.05) is 10.6 Å². The van der Waals surface area contributed by atoms with Crippen molar-refractivity contribution in [2.24, 2.45) is 0 Å². The van der Waals surface area contributed by atoms with E-state index in [9.17, 15) is 18.4 Å². The molecule has 0 unspecified atom stereocenters. The second-order valence-electron chi connectivity index (χ2n) is 7.01. The summed E-state index contributed by atoms with van der Waals surface area (Å²) in [5.41, 5.74) is 1.66. The Morgan fingerprint density at radius 1 is 1.03 bits per heavy atom. The smallest absolute Gasteiger partial charge is 0.323 e. The van der Waals surface area contributed by atoms with Crippen molar-refractivity contribution < 1.29 is 18.3 Å². The first-order valence-electron chi connectivity index (χ1n) is 9.63. The predicted molar refractivity (Wildman–Crippen MR) is 116 cm³/mol. The second-order valence-corrected chi connectivity index (χ2v) is 7.01. The number of para-hydroxylation sites is 1. The molecule has 162 valence electrons. The van der Waals surface area contributed by atoms with Crippen LogP contribution in [-0.2, 0) is 6.61 Å². The number of nitrogens with zero attached hydrogens (tertiary/aromatic N) is 2. The Kier molecular flexibility index (Phi) is 5.80. The van der Waals surface area contributed by atoms with Gasteiger partial charge < -0.3 is 15.4 Å². The van der Waals surface area contributed by atoms with Crippen LogP contribution < -0.4 is 20.9 Å². The standard InChI is InChI=1S/C23H18F2N4O3/c1-14-9-10-29-20(11-14)26-16(12-21(29)30)13-32-17-7-5-15(6-8-17)27-23(31)28-22-18(24)3-2-4-19(22)25/h2-12H,13H2,1H3,(H2,27,28,31). The number of fused-ring (bicyclic) bond motifs is 1. The lowest BCUT2D eigenvalue weighted by atomic mass is 10.3. The first-order valence-corrected chi connectivity index (χ1v) is 9.63. The highest BCUT2D eigenvalue weighted by Gasteiger charge is 2.12. The molecule has 0 spiro atoms. The maximum Gasteiger partial charge on any atom is 0.323 e.